The van der Waals surface area contributed by atoms with E-state index in [1.54, 1.807) is 12.4 Å². The molecule has 0 aliphatic rings. The Morgan fingerprint density at radius 2 is 1.57 bits per heavy atom. The van der Waals surface area contributed by atoms with Crippen LogP contribution in [0.2, 0.25) is 0 Å². The van der Waals surface area contributed by atoms with Crippen LogP contribution in [0.3, 0.4) is 0 Å². The smallest absolute Gasteiger partial charge is 0.258 e. The molecule has 0 aliphatic carbocycles. The highest BCUT2D eigenvalue weighted by atomic mass is 16.5. The zero-order chi connectivity index (χ0) is 14.1. The van der Waals surface area contributed by atoms with Gasteiger partial charge in [0.2, 0.25) is 5.82 Å². The van der Waals surface area contributed by atoms with Crippen LogP contribution < -0.4 is 0 Å². The van der Waals surface area contributed by atoms with E-state index in [4.69, 9.17) is 4.52 Å². The molecule has 2 aromatic heterocycles. The molecule has 4 aromatic rings. The minimum Gasteiger partial charge on any atom is -0.334 e. The Bertz CT molecular complexity index is 902. The van der Waals surface area contributed by atoms with Crippen LogP contribution in [0.5, 0.6) is 0 Å². The summed E-state index contributed by atoms with van der Waals surface area (Å²) in [5, 5.41) is 4.04. The second-order valence-electron chi connectivity index (χ2n) is 4.55. The Morgan fingerprint density at radius 3 is 2.43 bits per heavy atom. The molecule has 100 valence electrons. The summed E-state index contributed by atoms with van der Waals surface area (Å²) in [6.45, 7) is 0. The summed E-state index contributed by atoms with van der Waals surface area (Å²) in [4.78, 5) is 13.0. The average Bonchev–Trinajstić information content (AvgIpc) is 3.05. The Labute approximate surface area is 120 Å². The zero-order valence-electron chi connectivity index (χ0n) is 11.0. The molecule has 0 aliphatic heterocycles. The number of benzene rings is 2. The van der Waals surface area contributed by atoms with Gasteiger partial charge >= 0.3 is 0 Å². The molecule has 0 atom stereocenters. The van der Waals surface area contributed by atoms with Gasteiger partial charge in [0, 0.05) is 23.5 Å². The maximum Gasteiger partial charge on any atom is 0.258 e. The highest BCUT2D eigenvalue weighted by molar-refractivity contribution is 5.79. The molecular formula is C16H10N4O. The van der Waals surface area contributed by atoms with Crippen molar-refractivity contribution in [3.05, 3.63) is 60.9 Å². The van der Waals surface area contributed by atoms with Crippen molar-refractivity contribution in [2.24, 2.45) is 0 Å². The van der Waals surface area contributed by atoms with Gasteiger partial charge in [-0.2, -0.15) is 4.98 Å². The molecule has 0 spiro atoms. The summed E-state index contributed by atoms with van der Waals surface area (Å²) in [5.41, 5.74) is 3.40. The predicted molar refractivity (Wildman–Crippen MR) is 78.3 cm³/mol. The van der Waals surface area contributed by atoms with Gasteiger partial charge in [0.15, 0.2) is 0 Å². The SMILES string of the molecule is c1ccc(-c2nc(-c3ccc4nccnc4c3)no2)cc1. The van der Waals surface area contributed by atoms with Crippen molar-refractivity contribution >= 4 is 11.0 Å². The molecule has 0 unspecified atom stereocenters. The van der Waals surface area contributed by atoms with E-state index in [0.717, 1.165) is 22.2 Å². The van der Waals surface area contributed by atoms with E-state index in [-0.39, 0.29) is 0 Å². The second kappa shape index (κ2) is 4.79. The molecule has 2 aromatic carbocycles. The van der Waals surface area contributed by atoms with Gasteiger partial charge in [-0.05, 0) is 30.3 Å². The summed E-state index contributed by atoms with van der Waals surface area (Å²) in [6, 6.07) is 15.4. The molecule has 0 radical (unpaired) electrons. The second-order valence-corrected chi connectivity index (χ2v) is 4.55. The van der Waals surface area contributed by atoms with Gasteiger partial charge in [-0.15, -0.1) is 0 Å². The van der Waals surface area contributed by atoms with Crippen LogP contribution >= 0.6 is 0 Å². The van der Waals surface area contributed by atoms with Gasteiger partial charge in [-0.3, -0.25) is 9.97 Å². The average molecular weight is 274 g/mol. The first-order valence-corrected chi connectivity index (χ1v) is 6.50. The summed E-state index contributed by atoms with van der Waals surface area (Å²) in [7, 11) is 0. The number of rotatable bonds is 2. The maximum atomic E-state index is 5.32. The minimum absolute atomic E-state index is 0.504. The van der Waals surface area contributed by atoms with Crippen molar-refractivity contribution in [2.45, 2.75) is 0 Å². The number of hydrogen-bond acceptors (Lipinski definition) is 5. The maximum absolute atomic E-state index is 5.32. The highest BCUT2D eigenvalue weighted by Crippen LogP contribution is 2.23. The number of aromatic nitrogens is 4. The molecule has 0 amide bonds. The molecule has 0 N–H and O–H groups in total. The minimum atomic E-state index is 0.504. The fourth-order valence-electron chi connectivity index (χ4n) is 2.14. The molecule has 21 heavy (non-hydrogen) atoms. The summed E-state index contributed by atoms with van der Waals surface area (Å²) < 4.78 is 5.32. The largest absolute Gasteiger partial charge is 0.334 e. The normalized spacial score (nSPS) is 10.9. The van der Waals surface area contributed by atoms with Crippen LogP contribution in [0.1, 0.15) is 0 Å². The van der Waals surface area contributed by atoms with Crippen LogP contribution in [-0.4, -0.2) is 20.1 Å². The van der Waals surface area contributed by atoms with Crippen molar-refractivity contribution in [1.82, 2.24) is 20.1 Å². The van der Waals surface area contributed by atoms with Crippen molar-refractivity contribution in [3.63, 3.8) is 0 Å². The summed E-state index contributed by atoms with van der Waals surface area (Å²) >= 11 is 0. The number of nitrogens with zero attached hydrogens (tertiary/aromatic N) is 4. The fourth-order valence-corrected chi connectivity index (χ4v) is 2.14. The highest BCUT2D eigenvalue weighted by Gasteiger charge is 2.10. The van der Waals surface area contributed by atoms with Crippen LogP contribution in [0.15, 0.2) is 65.4 Å². The van der Waals surface area contributed by atoms with E-state index in [9.17, 15) is 0 Å². The molecule has 0 saturated heterocycles. The van der Waals surface area contributed by atoms with Gasteiger partial charge in [-0.1, -0.05) is 23.4 Å². The van der Waals surface area contributed by atoms with E-state index >= 15 is 0 Å². The van der Waals surface area contributed by atoms with Crippen molar-refractivity contribution in [2.75, 3.05) is 0 Å². The van der Waals surface area contributed by atoms with Crippen LogP contribution in [0.4, 0.5) is 0 Å². The molecule has 0 saturated carbocycles. The van der Waals surface area contributed by atoms with Crippen molar-refractivity contribution < 1.29 is 4.52 Å². The molecular weight excluding hydrogens is 264 g/mol. The Morgan fingerprint density at radius 1 is 0.762 bits per heavy atom. The first-order chi connectivity index (χ1) is 10.4. The van der Waals surface area contributed by atoms with E-state index in [1.807, 2.05) is 48.5 Å². The third-order valence-corrected chi connectivity index (χ3v) is 3.17. The van der Waals surface area contributed by atoms with E-state index in [2.05, 4.69) is 20.1 Å². The van der Waals surface area contributed by atoms with Gasteiger partial charge < -0.3 is 4.52 Å². The Hall–Kier alpha value is -3.08. The third kappa shape index (κ3) is 2.14. The van der Waals surface area contributed by atoms with Gasteiger partial charge in [0.25, 0.3) is 5.89 Å². The zero-order valence-corrected chi connectivity index (χ0v) is 11.0. The lowest BCUT2D eigenvalue weighted by Crippen LogP contribution is -1.85. The molecule has 5 nitrogen and oxygen atoms in total. The molecule has 0 fully saturated rings. The lowest BCUT2D eigenvalue weighted by molar-refractivity contribution is 0.432. The molecule has 5 heteroatoms. The predicted octanol–water partition coefficient (Wildman–Crippen LogP) is 3.35. The third-order valence-electron chi connectivity index (χ3n) is 3.17. The summed E-state index contributed by atoms with van der Waals surface area (Å²) in [6.07, 6.45) is 3.33. The van der Waals surface area contributed by atoms with Crippen LogP contribution in [-0.2, 0) is 0 Å². The molecule has 0 bridgehead atoms. The van der Waals surface area contributed by atoms with Crippen molar-refractivity contribution in [1.29, 1.82) is 0 Å². The van der Waals surface area contributed by atoms with Crippen LogP contribution in [0.25, 0.3) is 33.9 Å². The monoisotopic (exact) mass is 274 g/mol. The fraction of sp³-hybridized carbons (Fsp3) is 0. The Balaban J connectivity index is 1.77. The van der Waals surface area contributed by atoms with Gasteiger partial charge in [0.05, 0.1) is 11.0 Å². The standard InChI is InChI=1S/C16H10N4O/c1-2-4-11(5-3-1)16-19-15(20-21-16)12-6-7-13-14(10-12)18-9-8-17-13/h1-10H. The topological polar surface area (TPSA) is 64.7 Å². The molecule has 4 rings (SSSR count). The Kier molecular flexibility index (Phi) is 2.67. The van der Waals surface area contributed by atoms with Crippen molar-refractivity contribution in [3.8, 4) is 22.8 Å². The first-order valence-electron chi connectivity index (χ1n) is 6.50. The summed E-state index contributed by atoms with van der Waals surface area (Å²) in [5.74, 6) is 1.05. The van der Waals surface area contributed by atoms with E-state index in [1.165, 1.54) is 0 Å². The number of fused-ring (bicyclic) bond motifs is 1. The quantitative estimate of drug-likeness (QED) is 0.561. The van der Waals surface area contributed by atoms with E-state index < -0.39 is 0 Å². The number of hydrogen-bond donors (Lipinski definition) is 0. The lowest BCUT2D eigenvalue weighted by atomic mass is 10.2. The molecule has 2 heterocycles. The van der Waals surface area contributed by atoms with Gasteiger partial charge in [-0.25, -0.2) is 0 Å². The van der Waals surface area contributed by atoms with Gasteiger partial charge in [0.1, 0.15) is 0 Å². The first kappa shape index (κ1) is 11.7. The van der Waals surface area contributed by atoms with E-state index in [0.29, 0.717) is 11.7 Å². The lowest BCUT2D eigenvalue weighted by Gasteiger charge is -1.97. The van der Waals surface area contributed by atoms with Crippen LogP contribution in [0, 0.1) is 0 Å².